The Balaban J connectivity index is 2.29. The van der Waals surface area contributed by atoms with Crippen molar-refractivity contribution in [3.8, 4) is 0 Å². The molecule has 2 rings (SSSR count). The highest BCUT2D eigenvalue weighted by Crippen LogP contribution is 2.56. The van der Waals surface area contributed by atoms with Crippen molar-refractivity contribution in [3.05, 3.63) is 12.7 Å². The summed E-state index contributed by atoms with van der Waals surface area (Å²) in [5, 5.41) is 0. The van der Waals surface area contributed by atoms with E-state index in [2.05, 4.69) is 26.5 Å². The second-order valence-electron chi connectivity index (χ2n) is 5.62. The van der Waals surface area contributed by atoms with Crippen LogP contribution in [0.5, 0.6) is 0 Å². The van der Waals surface area contributed by atoms with Crippen LogP contribution in [0.25, 0.3) is 0 Å². The zero-order chi connectivity index (χ0) is 12.5. The van der Waals surface area contributed by atoms with Crippen LogP contribution in [-0.2, 0) is 9.53 Å². The maximum absolute atomic E-state index is 12.0. The summed E-state index contributed by atoms with van der Waals surface area (Å²) in [5.74, 6) is 0.0679. The molecule has 1 saturated heterocycles. The number of esters is 1. The van der Waals surface area contributed by atoms with E-state index in [9.17, 15) is 4.79 Å². The first kappa shape index (κ1) is 12.7. The van der Waals surface area contributed by atoms with Crippen LogP contribution >= 0.6 is 0 Å². The Hall–Kier alpha value is -0.790. The van der Waals surface area contributed by atoms with Crippen LogP contribution in [-0.4, -0.2) is 11.6 Å². The molecule has 2 nitrogen and oxygen atoms in total. The van der Waals surface area contributed by atoms with E-state index in [4.69, 9.17) is 4.74 Å². The largest absolute Gasteiger partial charge is 0.458 e. The summed E-state index contributed by atoms with van der Waals surface area (Å²) >= 11 is 0. The number of allylic oxidation sites excluding steroid dienone is 1. The summed E-state index contributed by atoms with van der Waals surface area (Å²) in [5.41, 5.74) is -0.192. The van der Waals surface area contributed by atoms with E-state index in [1.165, 1.54) is 19.3 Å². The molecule has 17 heavy (non-hydrogen) atoms. The third kappa shape index (κ3) is 1.73. The van der Waals surface area contributed by atoms with Crippen molar-refractivity contribution in [2.75, 3.05) is 0 Å². The number of cyclic esters (lactones) is 1. The first-order valence-electron chi connectivity index (χ1n) is 7.00. The van der Waals surface area contributed by atoms with Crippen molar-refractivity contribution in [1.82, 2.24) is 0 Å². The zero-order valence-corrected chi connectivity index (χ0v) is 11.1. The Morgan fingerprint density at radius 1 is 1.29 bits per heavy atom. The van der Waals surface area contributed by atoms with Crippen LogP contribution in [0.3, 0.4) is 0 Å². The Morgan fingerprint density at radius 2 is 1.88 bits per heavy atom. The quantitative estimate of drug-likeness (QED) is 0.547. The fourth-order valence-corrected chi connectivity index (χ4v) is 3.86. The van der Waals surface area contributed by atoms with E-state index < -0.39 is 0 Å². The molecule has 1 unspecified atom stereocenters. The van der Waals surface area contributed by atoms with Crippen LogP contribution in [0.4, 0.5) is 0 Å². The maximum atomic E-state index is 12.0. The van der Waals surface area contributed by atoms with Crippen molar-refractivity contribution in [2.45, 2.75) is 64.4 Å². The predicted molar refractivity (Wildman–Crippen MR) is 68.6 cm³/mol. The standard InChI is InChI=1S/C15H24O2/c1-4-14(10-8-7-9-11-14)12-13(16)17-15(12,5-2)6-3/h4,12H,1,5-11H2,2-3H3. The van der Waals surface area contributed by atoms with Gasteiger partial charge in [0.1, 0.15) is 11.5 Å². The lowest BCUT2D eigenvalue weighted by Gasteiger charge is -2.55. The molecule has 2 fully saturated rings. The molecule has 0 N–H and O–H groups in total. The average Bonchev–Trinajstić information content (AvgIpc) is 2.36. The molecule has 96 valence electrons. The third-order valence-corrected chi connectivity index (χ3v) is 5.03. The van der Waals surface area contributed by atoms with Gasteiger partial charge in [-0.2, -0.15) is 0 Å². The highest BCUT2D eigenvalue weighted by atomic mass is 16.6. The Labute approximate surface area is 104 Å². The monoisotopic (exact) mass is 236 g/mol. The lowest BCUT2D eigenvalue weighted by atomic mass is 9.57. The van der Waals surface area contributed by atoms with Crippen molar-refractivity contribution < 1.29 is 9.53 Å². The van der Waals surface area contributed by atoms with Gasteiger partial charge in [-0.25, -0.2) is 0 Å². The first-order chi connectivity index (χ1) is 8.14. The molecule has 0 radical (unpaired) electrons. The molecule has 1 saturated carbocycles. The lowest BCUT2D eigenvalue weighted by molar-refractivity contribution is -0.232. The summed E-state index contributed by atoms with van der Waals surface area (Å²) < 4.78 is 5.53. The van der Waals surface area contributed by atoms with Crippen LogP contribution in [0.2, 0.25) is 0 Å². The number of carbonyl (C=O) groups excluding carboxylic acids is 1. The van der Waals surface area contributed by atoms with E-state index in [0.717, 1.165) is 25.7 Å². The number of hydrogen-bond donors (Lipinski definition) is 0. The topological polar surface area (TPSA) is 26.3 Å². The van der Waals surface area contributed by atoms with Gasteiger partial charge in [-0.15, -0.1) is 6.58 Å². The summed E-state index contributed by atoms with van der Waals surface area (Å²) in [6, 6.07) is 0. The molecule has 2 heteroatoms. The SMILES string of the molecule is C=CC1(C2C(=O)OC2(CC)CC)CCCCC1. The van der Waals surface area contributed by atoms with Crippen LogP contribution in [0.1, 0.15) is 58.8 Å². The van der Waals surface area contributed by atoms with E-state index in [0.29, 0.717) is 0 Å². The minimum Gasteiger partial charge on any atom is -0.458 e. The second-order valence-corrected chi connectivity index (χ2v) is 5.62. The minimum absolute atomic E-state index is 0.00972. The van der Waals surface area contributed by atoms with Gasteiger partial charge in [0.05, 0.1) is 0 Å². The summed E-state index contributed by atoms with van der Waals surface area (Å²) in [6.45, 7) is 8.28. The fraction of sp³-hybridized carbons (Fsp3) is 0.800. The normalized spacial score (nSPS) is 30.2. The molecular weight excluding hydrogens is 212 g/mol. The molecule has 1 aliphatic heterocycles. The Bertz CT molecular complexity index is 309. The van der Waals surface area contributed by atoms with Gasteiger partial charge in [0.2, 0.25) is 0 Å². The number of hydrogen-bond acceptors (Lipinski definition) is 2. The molecule has 0 aromatic rings. The molecule has 1 atom stereocenters. The van der Waals surface area contributed by atoms with Crippen molar-refractivity contribution in [1.29, 1.82) is 0 Å². The van der Waals surface area contributed by atoms with Gasteiger partial charge >= 0.3 is 5.97 Å². The molecule has 0 amide bonds. The molecule has 0 aromatic heterocycles. The van der Waals surface area contributed by atoms with Crippen LogP contribution < -0.4 is 0 Å². The molecule has 0 spiro atoms. The van der Waals surface area contributed by atoms with Crippen molar-refractivity contribution >= 4 is 5.97 Å². The molecule has 1 heterocycles. The van der Waals surface area contributed by atoms with Crippen LogP contribution in [0.15, 0.2) is 12.7 Å². The number of ether oxygens (including phenoxy) is 1. The Morgan fingerprint density at radius 3 is 2.29 bits per heavy atom. The molecule has 2 aliphatic rings. The lowest BCUT2D eigenvalue weighted by Crippen LogP contribution is -2.63. The second kappa shape index (κ2) is 4.47. The maximum Gasteiger partial charge on any atom is 0.314 e. The van der Waals surface area contributed by atoms with Crippen LogP contribution in [0, 0.1) is 11.3 Å². The zero-order valence-electron chi connectivity index (χ0n) is 11.1. The summed E-state index contributed by atoms with van der Waals surface area (Å²) in [6.07, 6.45) is 9.86. The number of carbonyl (C=O) groups is 1. The first-order valence-corrected chi connectivity index (χ1v) is 7.00. The van der Waals surface area contributed by atoms with Gasteiger partial charge in [0, 0.05) is 5.41 Å². The van der Waals surface area contributed by atoms with Gasteiger partial charge in [-0.1, -0.05) is 39.2 Å². The predicted octanol–water partition coefficient (Wildman–Crippen LogP) is 3.85. The van der Waals surface area contributed by atoms with E-state index in [-0.39, 0.29) is 22.9 Å². The molecule has 0 aromatic carbocycles. The van der Waals surface area contributed by atoms with Crippen molar-refractivity contribution in [3.63, 3.8) is 0 Å². The van der Waals surface area contributed by atoms with Gasteiger partial charge in [0.25, 0.3) is 0 Å². The molecular formula is C15H24O2. The van der Waals surface area contributed by atoms with E-state index in [1.54, 1.807) is 0 Å². The average molecular weight is 236 g/mol. The fourth-order valence-electron chi connectivity index (χ4n) is 3.86. The minimum atomic E-state index is -0.206. The molecule has 0 bridgehead atoms. The van der Waals surface area contributed by atoms with E-state index in [1.807, 2.05) is 0 Å². The van der Waals surface area contributed by atoms with Gasteiger partial charge < -0.3 is 4.74 Å². The van der Waals surface area contributed by atoms with Crippen molar-refractivity contribution in [2.24, 2.45) is 11.3 Å². The van der Waals surface area contributed by atoms with Gasteiger partial charge in [-0.3, -0.25) is 4.79 Å². The molecule has 1 aliphatic carbocycles. The van der Waals surface area contributed by atoms with Gasteiger partial charge in [-0.05, 0) is 25.7 Å². The Kier molecular flexibility index (Phi) is 3.33. The number of rotatable bonds is 4. The third-order valence-electron chi connectivity index (χ3n) is 5.03. The smallest absolute Gasteiger partial charge is 0.314 e. The van der Waals surface area contributed by atoms with Gasteiger partial charge in [0.15, 0.2) is 0 Å². The summed E-state index contributed by atoms with van der Waals surface area (Å²) in [4.78, 5) is 12.0. The summed E-state index contributed by atoms with van der Waals surface area (Å²) in [7, 11) is 0. The highest BCUT2D eigenvalue weighted by Gasteiger charge is 2.62. The van der Waals surface area contributed by atoms with E-state index >= 15 is 0 Å². The highest BCUT2D eigenvalue weighted by molar-refractivity contribution is 5.81.